The van der Waals surface area contributed by atoms with E-state index in [9.17, 15) is 9.90 Å². The molecule has 0 heterocycles. The second-order valence-electron chi connectivity index (χ2n) is 4.04. The van der Waals surface area contributed by atoms with E-state index < -0.39 is 17.9 Å². The van der Waals surface area contributed by atoms with Crippen LogP contribution in [0.5, 0.6) is 0 Å². The fourth-order valence-electron chi connectivity index (χ4n) is 1.69. The van der Waals surface area contributed by atoms with Gasteiger partial charge in [0.25, 0.3) is 0 Å². The average molecular weight is 402 g/mol. The molecule has 0 aliphatic carbocycles. The number of hydrogen-bond acceptors (Lipinski definition) is 2. The number of halogens is 4. The van der Waals surface area contributed by atoms with Gasteiger partial charge < -0.3 is 5.11 Å². The van der Waals surface area contributed by atoms with Gasteiger partial charge in [0.2, 0.25) is 0 Å². The van der Waals surface area contributed by atoms with Crippen molar-refractivity contribution in [3.05, 3.63) is 71.8 Å². The van der Waals surface area contributed by atoms with Crippen LogP contribution in [0.3, 0.4) is 0 Å². The summed E-state index contributed by atoms with van der Waals surface area (Å²) in [5.41, 5.74) is -0.393. The zero-order valence-corrected chi connectivity index (χ0v) is 15.3. The van der Waals surface area contributed by atoms with Gasteiger partial charge >= 0.3 is 49.6 Å². The Morgan fingerprint density at radius 3 is 1.33 bits per heavy atom. The van der Waals surface area contributed by atoms with Crippen molar-refractivity contribution in [1.29, 1.82) is 0 Å². The maximum absolute atomic E-state index is 11.2. The molecule has 0 spiro atoms. The van der Waals surface area contributed by atoms with Crippen molar-refractivity contribution < 1.29 is 22.2 Å². The number of hydrogen-bond donors (Lipinski definition) is 1. The molecular weight excluding hydrogens is 390 g/mol. The first-order chi connectivity index (χ1) is 9.77. The van der Waals surface area contributed by atoms with E-state index in [1.54, 1.807) is 48.5 Å². The van der Waals surface area contributed by atoms with Gasteiger partial charge in [-0.25, -0.2) is 0 Å². The molecule has 0 saturated heterocycles. The van der Waals surface area contributed by atoms with E-state index in [1.807, 2.05) is 12.1 Å². The van der Waals surface area contributed by atoms with Crippen molar-refractivity contribution in [1.82, 2.24) is 0 Å². The summed E-state index contributed by atoms with van der Waals surface area (Å²) >= 11 is -3.11. The van der Waals surface area contributed by atoms with Crippen LogP contribution in [0, 0.1) is 0 Å². The number of rotatable bonds is 3. The van der Waals surface area contributed by atoms with Crippen molar-refractivity contribution in [3.8, 4) is 0 Å². The standard InChI is InChI=1S/C14H12O2.4ClH.Ti/c15-11-14(16,12-7-3-1-4-8-12)13-9-5-2-6-10-13;;;;;/h1-11,16H;4*1H;/q;;;;;+4/p-4. The van der Waals surface area contributed by atoms with E-state index in [0.717, 1.165) is 0 Å². The predicted molar refractivity (Wildman–Crippen MR) is 85.4 cm³/mol. The first kappa shape index (κ1) is 19.0. The van der Waals surface area contributed by atoms with Crippen LogP contribution in [-0.4, -0.2) is 11.4 Å². The van der Waals surface area contributed by atoms with E-state index in [-0.39, 0.29) is 0 Å². The second-order valence-corrected chi connectivity index (χ2v) is 19.5. The van der Waals surface area contributed by atoms with Gasteiger partial charge in [0.05, 0.1) is 0 Å². The third-order valence-corrected chi connectivity index (χ3v) is 2.60. The Bertz CT molecular complexity index is 513. The van der Waals surface area contributed by atoms with Gasteiger partial charge in [0.15, 0.2) is 11.9 Å². The molecule has 0 aliphatic heterocycles. The summed E-state index contributed by atoms with van der Waals surface area (Å²) in [5, 5.41) is 10.4. The van der Waals surface area contributed by atoms with Crippen LogP contribution < -0.4 is 0 Å². The Morgan fingerprint density at radius 1 is 0.810 bits per heavy atom. The van der Waals surface area contributed by atoms with Crippen molar-refractivity contribution in [3.63, 3.8) is 0 Å². The molecule has 0 radical (unpaired) electrons. The molecule has 1 N–H and O–H groups in total. The minimum absolute atomic E-state index is 0.567. The van der Waals surface area contributed by atoms with Gasteiger partial charge in [-0.1, -0.05) is 60.7 Å². The molecule has 0 fully saturated rings. The molecule has 2 aromatic carbocycles. The number of aldehydes is 1. The zero-order valence-electron chi connectivity index (χ0n) is 10.7. The van der Waals surface area contributed by atoms with Gasteiger partial charge in [-0.15, -0.1) is 0 Å². The van der Waals surface area contributed by atoms with Crippen LogP contribution >= 0.6 is 37.2 Å². The minimum atomic E-state index is -3.11. The molecule has 2 aromatic rings. The summed E-state index contributed by atoms with van der Waals surface area (Å²) in [6.45, 7) is 0. The molecule has 7 heteroatoms. The Kier molecular flexibility index (Phi) is 7.73. The van der Waals surface area contributed by atoms with E-state index in [1.165, 1.54) is 0 Å². The van der Waals surface area contributed by atoms with Crippen LogP contribution in [0.15, 0.2) is 60.7 Å². The zero-order chi connectivity index (χ0) is 15.9. The molecule has 0 unspecified atom stereocenters. The summed E-state index contributed by atoms with van der Waals surface area (Å²) in [4.78, 5) is 11.2. The topological polar surface area (TPSA) is 37.3 Å². The van der Waals surface area contributed by atoms with Crippen molar-refractivity contribution in [2.45, 2.75) is 5.60 Å². The third kappa shape index (κ3) is 6.71. The fraction of sp³-hybridized carbons (Fsp3) is 0.0714. The fourth-order valence-corrected chi connectivity index (χ4v) is 1.69. The number of carbonyl (C=O) groups is 1. The predicted octanol–water partition coefficient (Wildman–Crippen LogP) is 4.88. The van der Waals surface area contributed by atoms with Crippen LogP contribution in [0.25, 0.3) is 0 Å². The third-order valence-electron chi connectivity index (χ3n) is 2.60. The van der Waals surface area contributed by atoms with Gasteiger partial charge in [0, 0.05) is 0 Å². The number of aliphatic hydroxyl groups is 1. The van der Waals surface area contributed by atoms with Crippen molar-refractivity contribution in [2.75, 3.05) is 0 Å². The number of carbonyl (C=O) groups excluding carboxylic acids is 1. The normalized spacial score (nSPS) is 11.3. The molecule has 2 nitrogen and oxygen atoms in total. The molecule has 112 valence electrons. The summed E-state index contributed by atoms with van der Waals surface area (Å²) in [6.07, 6.45) is 0.567. The van der Waals surface area contributed by atoms with Gasteiger partial charge in [0.1, 0.15) is 0 Å². The number of benzene rings is 2. The SMILES string of the molecule is O=CC(O)(c1ccccc1)c1ccccc1.[Cl][Ti]([Cl])([Cl])[Cl]. The van der Waals surface area contributed by atoms with Crippen molar-refractivity contribution in [2.24, 2.45) is 0 Å². The van der Waals surface area contributed by atoms with Crippen LogP contribution in [0.1, 0.15) is 11.1 Å². The van der Waals surface area contributed by atoms with Gasteiger partial charge in [-0.05, 0) is 11.1 Å². The average Bonchev–Trinajstić information content (AvgIpc) is 2.46. The quantitative estimate of drug-likeness (QED) is 0.588. The van der Waals surface area contributed by atoms with Gasteiger partial charge in [-0.3, -0.25) is 4.79 Å². The summed E-state index contributed by atoms with van der Waals surface area (Å²) < 4.78 is 0. The Hall–Kier alpha value is -0.0557. The molecule has 0 bridgehead atoms. The first-order valence-corrected chi connectivity index (χ1v) is 14.4. The molecule has 0 amide bonds. The van der Waals surface area contributed by atoms with Crippen LogP contribution in [0.2, 0.25) is 0 Å². The van der Waals surface area contributed by atoms with Crippen LogP contribution in [0.4, 0.5) is 0 Å². The molecule has 21 heavy (non-hydrogen) atoms. The maximum atomic E-state index is 11.2. The summed E-state index contributed by atoms with van der Waals surface area (Å²) in [5.74, 6) is 0. The van der Waals surface area contributed by atoms with E-state index in [4.69, 9.17) is 37.2 Å². The molecule has 0 saturated carbocycles. The monoisotopic (exact) mass is 400 g/mol. The van der Waals surface area contributed by atoms with E-state index in [0.29, 0.717) is 17.4 Å². The molecular formula is C14H12Cl4O2Ti. The van der Waals surface area contributed by atoms with Crippen molar-refractivity contribution >= 4 is 43.5 Å². The Morgan fingerprint density at radius 2 is 1.10 bits per heavy atom. The first-order valence-electron chi connectivity index (χ1n) is 5.83. The van der Waals surface area contributed by atoms with Gasteiger partial charge in [-0.2, -0.15) is 0 Å². The Labute approximate surface area is 142 Å². The molecule has 0 aromatic heterocycles. The Balaban J connectivity index is 0.000000383. The van der Waals surface area contributed by atoms with Crippen LogP contribution in [-0.2, 0) is 22.7 Å². The molecule has 0 atom stereocenters. The van der Waals surface area contributed by atoms with E-state index in [2.05, 4.69) is 0 Å². The molecule has 2 rings (SSSR count). The molecule has 0 aliphatic rings. The summed E-state index contributed by atoms with van der Waals surface area (Å²) in [7, 11) is 20.1. The van der Waals surface area contributed by atoms with E-state index >= 15 is 0 Å². The second kappa shape index (κ2) is 8.54. The summed E-state index contributed by atoms with van der Waals surface area (Å²) in [6, 6.07) is 17.8.